The van der Waals surface area contributed by atoms with Crippen LogP contribution in [0.5, 0.6) is 0 Å². The van der Waals surface area contributed by atoms with Crippen LogP contribution < -0.4 is 4.90 Å². The third kappa shape index (κ3) is 3.32. The number of fused-ring (bicyclic) bond motifs is 1. The molecule has 1 aliphatic heterocycles. The van der Waals surface area contributed by atoms with Crippen LogP contribution in [0.1, 0.15) is 13.8 Å². The van der Waals surface area contributed by atoms with Crippen LogP contribution in [0.3, 0.4) is 0 Å². The van der Waals surface area contributed by atoms with Crippen LogP contribution >= 0.6 is 11.3 Å². The Labute approximate surface area is 134 Å². The van der Waals surface area contributed by atoms with Crippen molar-refractivity contribution in [1.29, 1.82) is 0 Å². The van der Waals surface area contributed by atoms with Crippen molar-refractivity contribution in [2.45, 2.75) is 13.8 Å². The maximum absolute atomic E-state index is 12.0. The van der Waals surface area contributed by atoms with Gasteiger partial charge in [-0.1, -0.05) is 37.3 Å². The van der Waals surface area contributed by atoms with Gasteiger partial charge in [0.25, 0.3) is 0 Å². The van der Waals surface area contributed by atoms with Crippen molar-refractivity contribution < 1.29 is 9.53 Å². The Morgan fingerprint density at radius 1 is 1.27 bits per heavy atom. The van der Waals surface area contributed by atoms with Crippen LogP contribution in [-0.2, 0) is 4.74 Å². The molecule has 2 heterocycles. The van der Waals surface area contributed by atoms with Gasteiger partial charge < -0.3 is 14.5 Å². The van der Waals surface area contributed by atoms with Gasteiger partial charge in [0.15, 0.2) is 5.13 Å². The van der Waals surface area contributed by atoms with Crippen molar-refractivity contribution >= 4 is 32.8 Å². The Hall–Kier alpha value is -1.82. The normalized spacial score (nSPS) is 15.6. The lowest BCUT2D eigenvalue weighted by atomic mass is 10.2. The van der Waals surface area contributed by atoms with Crippen LogP contribution in [0.15, 0.2) is 24.3 Å². The van der Waals surface area contributed by atoms with Crippen molar-refractivity contribution in [3.05, 3.63) is 24.3 Å². The van der Waals surface area contributed by atoms with E-state index in [1.807, 2.05) is 32.0 Å². The van der Waals surface area contributed by atoms with Gasteiger partial charge in [-0.25, -0.2) is 9.78 Å². The van der Waals surface area contributed by atoms with E-state index in [-0.39, 0.29) is 6.09 Å². The molecule has 0 saturated carbocycles. The predicted octanol–water partition coefficient (Wildman–Crippen LogP) is 3.21. The maximum atomic E-state index is 12.0. The molecular formula is C16H21N3O2S. The molecule has 0 unspecified atom stereocenters. The third-order valence-corrected chi connectivity index (χ3v) is 4.73. The van der Waals surface area contributed by atoms with E-state index in [0.29, 0.717) is 25.6 Å². The van der Waals surface area contributed by atoms with Gasteiger partial charge in [0, 0.05) is 26.2 Å². The highest BCUT2D eigenvalue weighted by Crippen LogP contribution is 2.29. The molecule has 1 aliphatic rings. The first-order valence-electron chi connectivity index (χ1n) is 7.65. The van der Waals surface area contributed by atoms with Gasteiger partial charge in [-0.3, -0.25) is 0 Å². The zero-order valence-electron chi connectivity index (χ0n) is 13.0. The van der Waals surface area contributed by atoms with E-state index in [1.165, 1.54) is 4.70 Å². The Morgan fingerprint density at radius 3 is 2.68 bits per heavy atom. The van der Waals surface area contributed by atoms with E-state index < -0.39 is 0 Å². The van der Waals surface area contributed by atoms with Gasteiger partial charge >= 0.3 is 6.09 Å². The number of aromatic nitrogens is 1. The quantitative estimate of drug-likeness (QED) is 0.871. The van der Waals surface area contributed by atoms with Gasteiger partial charge in [0.05, 0.1) is 16.8 Å². The van der Waals surface area contributed by atoms with E-state index in [9.17, 15) is 4.79 Å². The second-order valence-corrected chi connectivity index (χ2v) is 6.92. The second-order valence-electron chi connectivity index (χ2n) is 5.91. The number of thiazole rings is 1. The molecular weight excluding hydrogens is 298 g/mol. The molecule has 5 nitrogen and oxygen atoms in total. The molecule has 2 aromatic rings. The third-order valence-electron chi connectivity index (χ3n) is 3.63. The molecule has 1 saturated heterocycles. The molecule has 22 heavy (non-hydrogen) atoms. The van der Waals surface area contributed by atoms with Crippen molar-refractivity contribution in [2.75, 3.05) is 37.7 Å². The molecule has 0 aliphatic carbocycles. The standard InChI is InChI=1S/C16H21N3O2S/c1-12(2)11-21-16(20)19-9-7-18(8-10-19)15-17-13-5-3-4-6-14(13)22-15/h3-6,12H,7-11H2,1-2H3. The number of rotatable bonds is 3. The second kappa shape index (κ2) is 6.52. The Morgan fingerprint density at radius 2 is 2.00 bits per heavy atom. The van der Waals surface area contributed by atoms with E-state index >= 15 is 0 Å². The lowest BCUT2D eigenvalue weighted by molar-refractivity contribution is 0.0901. The minimum atomic E-state index is -0.197. The summed E-state index contributed by atoms with van der Waals surface area (Å²) in [5, 5.41) is 1.04. The Balaban J connectivity index is 1.58. The highest BCUT2D eigenvalue weighted by molar-refractivity contribution is 7.22. The smallest absolute Gasteiger partial charge is 0.409 e. The van der Waals surface area contributed by atoms with Gasteiger partial charge in [0.1, 0.15) is 0 Å². The highest BCUT2D eigenvalue weighted by atomic mass is 32.1. The minimum absolute atomic E-state index is 0.197. The van der Waals surface area contributed by atoms with Crippen LogP contribution in [0.25, 0.3) is 10.2 Å². The van der Waals surface area contributed by atoms with Crippen molar-refractivity contribution in [1.82, 2.24) is 9.88 Å². The lowest BCUT2D eigenvalue weighted by Crippen LogP contribution is -2.49. The fourth-order valence-electron chi connectivity index (χ4n) is 2.40. The fraction of sp³-hybridized carbons (Fsp3) is 0.500. The van der Waals surface area contributed by atoms with Crippen molar-refractivity contribution in [2.24, 2.45) is 5.92 Å². The first-order chi connectivity index (χ1) is 10.6. The molecule has 1 aromatic carbocycles. The summed E-state index contributed by atoms with van der Waals surface area (Å²) in [5.41, 5.74) is 1.04. The minimum Gasteiger partial charge on any atom is -0.449 e. The summed E-state index contributed by atoms with van der Waals surface area (Å²) in [6.07, 6.45) is -0.197. The number of anilines is 1. The zero-order chi connectivity index (χ0) is 15.5. The van der Waals surface area contributed by atoms with E-state index in [0.717, 1.165) is 23.7 Å². The summed E-state index contributed by atoms with van der Waals surface area (Å²) >= 11 is 1.71. The van der Waals surface area contributed by atoms with E-state index in [4.69, 9.17) is 4.74 Å². The fourth-order valence-corrected chi connectivity index (χ4v) is 3.42. The van der Waals surface area contributed by atoms with Crippen molar-refractivity contribution in [3.8, 4) is 0 Å². The summed E-state index contributed by atoms with van der Waals surface area (Å²) < 4.78 is 6.49. The molecule has 3 rings (SSSR count). The number of para-hydroxylation sites is 1. The van der Waals surface area contributed by atoms with Crippen LogP contribution in [0, 0.1) is 5.92 Å². The average Bonchev–Trinajstić information content (AvgIpc) is 2.96. The lowest BCUT2D eigenvalue weighted by Gasteiger charge is -2.34. The van der Waals surface area contributed by atoms with Gasteiger partial charge in [-0.15, -0.1) is 0 Å². The largest absolute Gasteiger partial charge is 0.449 e. The van der Waals surface area contributed by atoms with Crippen LogP contribution in [0.2, 0.25) is 0 Å². The number of hydrogen-bond acceptors (Lipinski definition) is 5. The summed E-state index contributed by atoms with van der Waals surface area (Å²) in [6.45, 7) is 7.54. The number of benzene rings is 1. The van der Waals surface area contributed by atoms with Crippen LogP contribution in [-0.4, -0.2) is 48.8 Å². The van der Waals surface area contributed by atoms with Crippen molar-refractivity contribution in [3.63, 3.8) is 0 Å². The SMILES string of the molecule is CC(C)COC(=O)N1CCN(c2nc3ccccc3s2)CC1. The first kappa shape index (κ1) is 15.1. The summed E-state index contributed by atoms with van der Waals surface area (Å²) in [6, 6.07) is 8.17. The first-order valence-corrected chi connectivity index (χ1v) is 8.47. The molecule has 0 bridgehead atoms. The Kier molecular flexibility index (Phi) is 4.47. The molecule has 0 spiro atoms. The molecule has 1 amide bonds. The predicted molar refractivity (Wildman–Crippen MR) is 89.6 cm³/mol. The maximum Gasteiger partial charge on any atom is 0.409 e. The monoisotopic (exact) mass is 319 g/mol. The molecule has 1 fully saturated rings. The average molecular weight is 319 g/mol. The summed E-state index contributed by atoms with van der Waals surface area (Å²) in [5.74, 6) is 0.369. The van der Waals surface area contributed by atoms with Crippen LogP contribution in [0.4, 0.5) is 9.93 Å². The number of amides is 1. The summed E-state index contributed by atoms with van der Waals surface area (Å²) in [7, 11) is 0. The zero-order valence-corrected chi connectivity index (χ0v) is 13.8. The molecule has 6 heteroatoms. The molecule has 0 atom stereocenters. The van der Waals surface area contributed by atoms with Gasteiger partial charge in [-0.05, 0) is 18.1 Å². The van der Waals surface area contributed by atoms with E-state index in [1.54, 1.807) is 16.2 Å². The number of hydrogen-bond donors (Lipinski definition) is 0. The number of piperazine rings is 1. The van der Waals surface area contributed by atoms with E-state index in [2.05, 4.69) is 16.0 Å². The molecule has 0 N–H and O–H groups in total. The number of ether oxygens (including phenoxy) is 1. The number of carbonyl (C=O) groups excluding carboxylic acids is 1. The molecule has 118 valence electrons. The topological polar surface area (TPSA) is 45.7 Å². The highest BCUT2D eigenvalue weighted by Gasteiger charge is 2.24. The molecule has 1 aromatic heterocycles. The van der Waals surface area contributed by atoms with Gasteiger partial charge in [-0.2, -0.15) is 0 Å². The number of carbonyl (C=O) groups is 1. The number of nitrogens with zero attached hydrogens (tertiary/aromatic N) is 3. The van der Waals surface area contributed by atoms with Gasteiger partial charge in [0.2, 0.25) is 0 Å². The Bertz CT molecular complexity index is 615. The molecule has 0 radical (unpaired) electrons. The summed E-state index contributed by atoms with van der Waals surface area (Å²) in [4.78, 5) is 20.7.